The first-order valence-corrected chi connectivity index (χ1v) is 23.3. The molecular formula is C43H53FN6O6Si. The molecule has 14 heteroatoms. The van der Waals surface area contributed by atoms with Gasteiger partial charge in [-0.2, -0.15) is 0 Å². The van der Waals surface area contributed by atoms with Crippen molar-refractivity contribution in [2.45, 2.75) is 107 Å². The van der Waals surface area contributed by atoms with Crippen LogP contribution in [-0.4, -0.2) is 86.0 Å². The number of halogens is 1. The first-order valence-electron chi connectivity index (χ1n) is 20.3. The van der Waals surface area contributed by atoms with Gasteiger partial charge in [0.2, 0.25) is 26.1 Å². The zero-order valence-corrected chi connectivity index (χ0v) is 33.9. The Hall–Kier alpha value is -4.47. The van der Waals surface area contributed by atoms with E-state index < -0.39 is 37.6 Å². The maximum atomic E-state index is 16.7. The number of carbonyl (C=O) groups is 4. The highest BCUT2D eigenvalue weighted by Crippen LogP contribution is 2.60. The highest BCUT2D eigenvalue weighted by atomic mass is 28.4. The number of fused-ring (bicyclic) bond motifs is 3. The summed E-state index contributed by atoms with van der Waals surface area (Å²) >= 11 is 0. The quantitative estimate of drug-likeness (QED) is 0.146. The number of nitrogens with one attached hydrogen (secondary N) is 4. The molecule has 3 aromatic carbocycles. The van der Waals surface area contributed by atoms with Crippen molar-refractivity contribution in [2.75, 3.05) is 35.2 Å². The maximum absolute atomic E-state index is 16.7. The predicted molar refractivity (Wildman–Crippen MR) is 218 cm³/mol. The SMILES string of the molecule is C[C@@H]1[C@@H]([Si](C)(C)F)[C@H](CC(=O)N2Cc3ccccc3C[C@H]2CO)O[C@@]12C(=O)N(Cc1ccc(NC(=O)[C@H]3CCCN3)cc1)c1ccc(NC(=O)[C@H]3CCCN3)cc12. The van der Waals surface area contributed by atoms with E-state index in [4.69, 9.17) is 4.74 Å². The van der Waals surface area contributed by atoms with E-state index in [1.165, 1.54) is 0 Å². The molecule has 0 radical (unpaired) electrons. The number of carbonyl (C=O) groups excluding carboxylic acids is 4. The van der Waals surface area contributed by atoms with Gasteiger partial charge in [-0.1, -0.05) is 43.3 Å². The average molecular weight is 797 g/mol. The van der Waals surface area contributed by atoms with Crippen LogP contribution in [0, 0.1) is 5.92 Å². The highest BCUT2D eigenvalue weighted by Gasteiger charge is 2.67. The molecule has 302 valence electrons. The summed E-state index contributed by atoms with van der Waals surface area (Å²) in [7, 11) is -3.61. The Kier molecular flexibility index (Phi) is 10.8. The van der Waals surface area contributed by atoms with Crippen LogP contribution in [0.5, 0.6) is 0 Å². The number of hydrogen-bond donors (Lipinski definition) is 5. The van der Waals surface area contributed by atoms with E-state index in [0.717, 1.165) is 55.5 Å². The fraction of sp³-hybridized carbons (Fsp3) is 0.488. The molecule has 0 saturated carbocycles. The van der Waals surface area contributed by atoms with Gasteiger partial charge in [0.05, 0.1) is 49.5 Å². The van der Waals surface area contributed by atoms with Gasteiger partial charge in [0.15, 0.2) is 5.60 Å². The fourth-order valence-corrected chi connectivity index (χ4v) is 12.5. The average Bonchev–Trinajstić information content (AvgIpc) is 4.01. The lowest BCUT2D eigenvalue weighted by Crippen LogP contribution is -2.48. The minimum Gasteiger partial charge on any atom is -0.394 e. The normalized spacial score (nSPS) is 28.1. The van der Waals surface area contributed by atoms with E-state index in [-0.39, 0.29) is 55.3 Å². The van der Waals surface area contributed by atoms with Crippen molar-refractivity contribution in [3.05, 3.63) is 89.0 Å². The van der Waals surface area contributed by atoms with Crippen molar-refractivity contribution in [3.8, 4) is 0 Å². The second-order valence-electron chi connectivity index (χ2n) is 16.9. The zero-order valence-electron chi connectivity index (χ0n) is 32.9. The van der Waals surface area contributed by atoms with Crippen LogP contribution in [0.2, 0.25) is 18.6 Å². The minimum atomic E-state index is -3.61. The molecule has 3 aromatic rings. The molecule has 0 bridgehead atoms. The van der Waals surface area contributed by atoms with Gasteiger partial charge in [-0.25, -0.2) is 0 Å². The van der Waals surface area contributed by atoms with E-state index in [1.807, 2.05) is 61.5 Å². The Morgan fingerprint density at radius 3 is 2.18 bits per heavy atom. The van der Waals surface area contributed by atoms with Gasteiger partial charge in [0, 0.05) is 34.9 Å². The standard InChI is InChI=1S/C43H53FN6O6Si/c1-26-39(57(2,3)44)37(22-38(52)49-24-29-9-5-4-8-28(29)20-32(49)25-51)56-43(26)33-21-31(48-41(54)35-11-7-19-46-35)16-17-36(33)50(42(43)55)23-27-12-14-30(15-13-27)47-40(53)34-10-6-18-45-34/h4-5,8-9,12-17,21,26,32,34-35,37,39,45-46,51H,6-7,10-11,18-20,22-25H2,1-3H3,(H,47,53)(H,48,54)/t26-,32+,34-,35-,37+,39-,43+/m1/s1. The smallest absolute Gasteiger partial charge is 0.264 e. The highest BCUT2D eigenvalue weighted by molar-refractivity contribution is 6.72. The van der Waals surface area contributed by atoms with Crippen molar-refractivity contribution in [1.29, 1.82) is 0 Å². The van der Waals surface area contributed by atoms with Gasteiger partial charge < -0.3 is 45.0 Å². The molecule has 3 fully saturated rings. The summed E-state index contributed by atoms with van der Waals surface area (Å²) in [4.78, 5) is 58.7. The lowest BCUT2D eigenvalue weighted by Gasteiger charge is -2.37. The van der Waals surface area contributed by atoms with Gasteiger partial charge in [-0.05, 0) is 105 Å². The van der Waals surface area contributed by atoms with Crippen LogP contribution in [0.15, 0.2) is 66.7 Å². The van der Waals surface area contributed by atoms with Gasteiger partial charge in [-0.3, -0.25) is 19.2 Å². The van der Waals surface area contributed by atoms with Gasteiger partial charge >= 0.3 is 0 Å². The zero-order chi connectivity index (χ0) is 40.1. The predicted octanol–water partition coefficient (Wildman–Crippen LogP) is 4.73. The number of aliphatic hydroxyl groups is 1. The number of aliphatic hydroxyl groups excluding tert-OH is 1. The Balaban J connectivity index is 1.11. The number of ether oxygens (including phenoxy) is 1. The van der Waals surface area contributed by atoms with Crippen LogP contribution in [0.1, 0.15) is 61.3 Å². The molecule has 5 aliphatic rings. The van der Waals surface area contributed by atoms with Crippen molar-refractivity contribution >= 4 is 49.1 Å². The molecule has 5 aliphatic heterocycles. The minimum absolute atomic E-state index is 0.0799. The number of nitrogens with zero attached hydrogens (tertiary/aromatic N) is 2. The number of rotatable bonds is 10. The van der Waals surface area contributed by atoms with Gasteiger partial charge in [0.1, 0.15) is 0 Å². The van der Waals surface area contributed by atoms with Crippen LogP contribution in [0.25, 0.3) is 0 Å². The maximum Gasteiger partial charge on any atom is 0.264 e. The summed E-state index contributed by atoms with van der Waals surface area (Å²) in [5, 5.41) is 22.8. The Morgan fingerprint density at radius 1 is 0.930 bits per heavy atom. The third kappa shape index (κ3) is 7.42. The Bertz CT molecular complexity index is 2030. The molecule has 0 aromatic heterocycles. The second-order valence-corrected chi connectivity index (χ2v) is 20.7. The number of anilines is 3. The lowest BCUT2D eigenvalue weighted by molar-refractivity contribution is -0.151. The molecule has 0 unspecified atom stereocenters. The van der Waals surface area contributed by atoms with E-state index >= 15 is 8.90 Å². The summed E-state index contributed by atoms with van der Waals surface area (Å²) < 4.78 is 23.7. The van der Waals surface area contributed by atoms with Gasteiger partial charge in [-0.15, -0.1) is 0 Å². The van der Waals surface area contributed by atoms with Crippen LogP contribution in [0.4, 0.5) is 21.2 Å². The van der Waals surface area contributed by atoms with Crippen molar-refractivity contribution in [3.63, 3.8) is 0 Å². The summed E-state index contributed by atoms with van der Waals surface area (Å²) in [6, 6.07) is 19.6. The molecule has 5 heterocycles. The summed E-state index contributed by atoms with van der Waals surface area (Å²) in [5.41, 5.74) is 2.82. The van der Waals surface area contributed by atoms with E-state index in [9.17, 15) is 19.5 Å². The van der Waals surface area contributed by atoms with Crippen LogP contribution in [-0.2, 0) is 49.0 Å². The van der Waals surface area contributed by atoms with Crippen LogP contribution < -0.4 is 26.2 Å². The Labute approximate surface area is 334 Å². The third-order valence-corrected chi connectivity index (χ3v) is 15.3. The number of hydrogen-bond acceptors (Lipinski definition) is 8. The van der Waals surface area contributed by atoms with Crippen molar-refractivity contribution < 1.29 is 33.1 Å². The molecule has 3 saturated heterocycles. The Morgan fingerprint density at radius 2 is 1.56 bits per heavy atom. The lowest BCUT2D eigenvalue weighted by atomic mass is 9.82. The molecule has 5 N–H and O–H groups in total. The molecule has 12 nitrogen and oxygen atoms in total. The van der Waals surface area contributed by atoms with Gasteiger partial charge in [0.25, 0.3) is 5.91 Å². The van der Waals surface area contributed by atoms with Crippen molar-refractivity contribution in [2.24, 2.45) is 5.92 Å². The fourth-order valence-electron chi connectivity index (χ4n) is 9.97. The van der Waals surface area contributed by atoms with Crippen LogP contribution in [0.3, 0.4) is 0 Å². The first-order chi connectivity index (χ1) is 27.4. The molecule has 0 aliphatic carbocycles. The largest absolute Gasteiger partial charge is 0.394 e. The van der Waals surface area contributed by atoms with E-state index in [2.05, 4.69) is 21.3 Å². The molecule has 4 amide bonds. The van der Waals surface area contributed by atoms with E-state index in [0.29, 0.717) is 35.6 Å². The first kappa shape index (κ1) is 39.4. The van der Waals surface area contributed by atoms with Crippen molar-refractivity contribution in [1.82, 2.24) is 15.5 Å². The number of benzene rings is 3. The molecule has 8 rings (SSSR count). The molecule has 1 spiro atoms. The summed E-state index contributed by atoms with van der Waals surface area (Å²) in [6.45, 7) is 6.93. The second kappa shape index (κ2) is 15.7. The summed E-state index contributed by atoms with van der Waals surface area (Å²) in [6.07, 6.45) is 2.82. The monoisotopic (exact) mass is 796 g/mol. The molecule has 57 heavy (non-hydrogen) atoms. The number of amides is 4. The molecular weight excluding hydrogens is 744 g/mol. The topological polar surface area (TPSA) is 152 Å². The molecule has 7 atom stereocenters. The summed E-state index contributed by atoms with van der Waals surface area (Å²) in [5.74, 6) is -1.51. The third-order valence-electron chi connectivity index (χ3n) is 12.8. The van der Waals surface area contributed by atoms with E-state index in [1.54, 1.807) is 35.0 Å². The van der Waals surface area contributed by atoms with Crippen LogP contribution >= 0.6 is 0 Å².